The van der Waals surface area contributed by atoms with Crippen LogP contribution in [0.4, 0.5) is 0 Å². The highest BCUT2D eigenvalue weighted by atomic mass is 79.9. The zero-order chi connectivity index (χ0) is 9.26. The highest BCUT2D eigenvalue weighted by Crippen LogP contribution is 2.26. The van der Waals surface area contributed by atoms with Crippen molar-refractivity contribution in [2.45, 2.75) is 4.90 Å². The summed E-state index contributed by atoms with van der Waals surface area (Å²) in [5.41, 5.74) is 0. The second-order valence-corrected chi connectivity index (χ2v) is 4.78. The first-order valence-electron chi connectivity index (χ1n) is 3.85. The van der Waals surface area contributed by atoms with E-state index in [9.17, 15) is 4.21 Å². The second-order valence-electron chi connectivity index (χ2n) is 2.60. The normalized spacial score (nSPS) is 21.5. The predicted octanol–water partition coefficient (Wildman–Crippen LogP) is 1.45. The average Bonchev–Trinajstić information content (AvgIpc) is 2.28. The van der Waals surface area contributed by atoms with Gasteiger partial charge in [-0.15, -0.1) is 0 Å². The summed E-state index contributed by atoms with van der Waals surface area (Å²) in [7, 11) is -1.14. The molecule has 1 heterocycles. The Morgan fingerprint density at radius 3 is 3.23 bits per heavy atom. The Morgan fingerprint density at radius 2 is 2.38 bits per heavy atom. The molecule has 0 bridgehead atoms. The molecule has 0 fully saturated rings. The Bertz CT molecular complexity index is 356. The van der Waals surface area contributed by atoms with Crippen molar-refractivity contribution >= 4 is 26.9 Å². The van der Waals surface area contributed by atoms with Crippen LogP contribution in [0.1, 0.15) is 0 Å². The number of ether oxygens (including phenoxy) is 1. The summed E-state index contributed by atoms with van der Waals surface area (Å²) in [5, 5.41) is 0. The van der Waals surface area contributed by atoms with Gasteiger partial charge in [-0.25, -0.2) is 8.93 Å². The van der Waals surface area contributed by atoms with Crippen LogP contribution >= 0.6 is 15.9 Å². The third kappa shape index (κ3) is 1.92. The lowest BCUT2D eigenvalue weighted by atomic mass is 10.3. The fourth-order valence-corrected chi connectivity index (χ4v) is 2.38. The predicted molar refractivity (Wildman–Crippen MR) is 54.0 cm³/mol. The molecule has 1 N–H and O–H groups in total. The van der Waals surface area contributed by atoms with E-state index in [2.05, 4.69) is 20.7 Å². The summed E-state index contributed by atoms with van der Waals surface area (Å²) in [6.07, 6.45) is 0. The fraction of sp³-hybridized carbons (Fsp3) is 0.250. The summed E-state index contributed by atoms with van der Waals surface area (Å²) in [6.45, 7) is 1.16. The molecule has 0 aliphatic carbocycles. The molecule has 1 unspecified atom stereocenters. The zero-order valence-electron chi connectivity index (χ0n) is 6.75. The van der Waals surface area contributed by atoms with E-state index in [4.69, 9.17) is 4.74 Å². The molecule has 3 nitrogen and oxygen atoms in total. The Morgan fingerprint density at radius 1 is 1.54 bits per heavy atom. The van der Waals surface area contributed by atoms with Gasteiger partial charge in [0.25, 0.3) is 0 Å². The molecule has 0 amide bonds. The second kappa shape index (κ2) is 3.77. The van der Waals surface area contributed by atoms with E-state index >= 15 is 0 Å². The Balaban J connectivity index is 2.48. The molecule has 1 aliphatic rings. The third-order valence-electron chi connectivity index (χ3n) is 1.70. The van der Waals surface area contributed by atoms with Gasteiger partial charge in [-0.05, 0) is 18.2 Å². The maximum atomic E-state index is 11.5. The first kappa shape index (κ1) is 9.18. The molecule has 2 rings (SSSR count). The summed E-state index contributed by atoms with van der Waals surface area (Å²) >= 11 is 3.34. The molecule has 1 aromatic rings. The summed E-state index contributed by atoms with van der Waals surface area (Å²) in [6, 6.07) is 5.49. The Hall–Kier alpha value is -0.390. The van der Waals surface area contributed by atoms with E-state index in [1.807, 2.05) is 12.1 Å². The van der Waals surface area contributed by atoms with Crippen LogP contribution in [0.2, 0.25) is 0 Å². The van der Waals surface area contributed by atoms with Crippen LogP contribution in [0.15, 0.2) is 27.6 Å². The van der Waals surface area contributed by atoms with E-state index in [1.54, 1.807) is 6.07 Å². The molecule has 0 radical (unpaired) electrons. The van der Waals surface area contributed by atoms with Gasteiger partial charge in [-0.2, -0.15) is 0 Å². The quantitative estimate of drug-likeness (QED) is 0.768. The Labute approximate surface area is 87.2 Å². The number of nitrogens with one attached hydrogen (secondary N) is 1. The number of rotatable bonds is 0. The third-order valence-corrected chi connectivity index (χ3v) is 3.39. The molecule has 13 heavy (non-hydrogen) atoms. The van der Waals surface area contributed by atoms with Crippen molar-refractivity contribution in [3.8, 4) is 5.75 Å². The zero-order valence-corrected chi connectivity index (χ0v) is 9.15. The van der Waals surface area contributed by atoms with Gasteiger partial charge >= 0.3 is 0 Å². The van der Waals surface area contributed by atoms with Crippen molar-refractivity contribution in [2.24, 2.45) is 0 Å². The van der Waals surface area contributed by atoms with E-state index in [0.29, 0.717) is 23.8 Å². The SMILES string of the molecule is O=S1NCCOc2cc(Br)ccc21. The molecular formula is C8H8BrNO2S. The standard InChI is InChI=1S/C8H8BrNO2S/c9-6-1-2-8-7(5-6)12-4-3-10-13(8)11/h1-2,5,10H,3-4H2. The fourth-order valence-electron chi connectivity index (χ4n) is 1.12. The molecule has 5 heteroatoms. The molecular weight excluding hydrogens is 254 g/mol. The number of hydrogen-bond acceptors (Lipinski definition) is 2. The molecule has 1 aliphatic heterocycles. The topological polar surface area (TPSA) is 38.3 Å². The lowest BCUT2D eigenvalue weighted by Crippen LogP contribution is -2.19. The van der Waals surface area contributed by atoms with Crippen LogP contribution < -0.4 is 9.46 Å². The van der Waals surface area contributed by atoms with Gasteiger partial charge in [0.05, 0.1) is 4.90 Å². The van der Waals surface area contributed by atoms with Crippen molar-refractivity contribution in [1.29, 1.82) is 0 Å². The van der Waals surface area contributed by atoms with Gasteiger partial charge in [-0.1, -0.05) is 15.9 Å². The van der Waals surface area contributed by atoms with Gasteiger partial charge in [0.1, 0.15) is 23.3 Å². The number of benzene rings is 1. The van der Waals surface area contributed by atoms with E-state index in [-0.39, 0.29) is 0 Å². The lowest BCUT2D eigenvalue weighted by molar-refractivity contribution is 0.321. The summed E-state index contributed by atoms with van der Waals surface area (Å²) in [5.74, 6) is 0.692. The molecule has 0 spiro atoms. The minimum Gasteiger partial charge on any atom is -0.491 e. The van der Waals surface area contributed by atoms with E-state index in [0.717, 1.165) is 4.47 Å². The monoisotopic (exact) mass is 261 g/mol. The largest absolute Gasteiger partial charge is 0.491 e. The van der Waals surface area contributed by atoms with Crippen molar-refractivity contribution in [2.75, 3.05) is 13.2 Å². The maximum Gasteiger partial charge on any atom is 0.137 e. The summed E-state index contributed by atoms with van der Waals surface area (Å²) < 4.78 is 20.7. The van der Waals surface area contributed by atoms with Gasteiger partial charge < -0.3 is 4.74 Å². The minimum absolute atomic E-state index is 0.551. The van der Waals surface area contributed by atoms with Crippen molar-refractivity contribution in [3.63, 3.8) is 0 Å². The molecule has 0 saturated carbocycles. The number of hydrogen-bond donors (Lipinski definition) is 1. The molecule has 1 atom stereocenters. The average molecular weight is 262 g/mol. The van der Waals surface area contributed by atoms with E-state index < -0.39 is 11.0 Å². The number of fused-ring (bicyclic) bond motifs is 1. The van der Waals surface area contributed by atoms with Crippen molar-refractivity contribution < 1.29 is 8.95 Å². The van der Waals surface area contributed by atoms with E-state index in [1.165, 1.54) is 0 Å². The summed E-state index contributed by atoms with van der Waals surface area (Å²) in [4.78, 5) is 0.709. The first-order chi connectivity index (χ1) is 6.27. The van der Waals surface area contributed by atoms with Crippen molar-refractivity contribution in [3.05, 3.63) is 22.7 Å². The van der Waals surface area contributed by atoms with Gasteiger partial charge in [0, 0.05) is 11.0 Å². The molecule has 70 valence electrons. The van der Waals surface area contributed by atoms with Gasteiger partial charge in [0.15, 0.2) is 0 Å². The van der Waals surface area contributed by atoms with Crippen LogP contribution in [0, 0.1) is 0 Å². The minimum atomic E-state index is -1.14. The highest BCUT2D eigenvalue weighted by molar-refractivity contribution is 9.10. The van der Waals surface area contributed by atoms with Crippen molar-refractivity contribution in [1.82, 2.24) is 4.72 Å². The van der Waals surface area contributed by atoms with Crippen LogP contribution in [0.25, 0.3) is 0 Å². The van der Waals surface area contributed by atoms with Crippen LogP contribution in [-0.2, 0) is 11.0 Å². The molecule has 0 aromatic heterocycles. The smallest absolute Gasteiger partial charge is 0.137 e. The maximum absolute atomic E-state index is 11.5. The van der Waals surface area contributed by atoms with Gasteiger partial charge in [0.2, 0.25) is 0 Å². The van der Waals surface area contributed by atoms with Crippen LogP contribution in [0.3, 0.4) is 0 Å². The first-order valence-corrected chi connectivity index (χ1v) is 5.79. The van der Waals surface area contributed by atoms with Crippen LogP contribution in [-0.4, -0.2) is 17.4 Å². The Kier molecular flexibility index (Phi) is 2.66. The molecule has 1 aromatic carbocycles. The highest BCUT2D eigenvalue weighted by Gasteiger charge is 2.14. The number of halogens is 1. The lowest BCUT2D eigenvalue weighted by Gasteiger charge is -2.04. The van der Waals surface area contributed by atoms with Crippen LogP contribution in [0.5, 0.6) is 5.75 Å². The molecule has 0 saturated heterocycles. The van der Waals surface area contributed by atoms with Gasteiger partial charge in [-0.3, -0.25) is 0 Å².